The second kappa shape index (κ2) is 8.75. The van der Waals surface area contributed by atoms with Gasteiger partial charge in [-0.15, -0.1) is 0 Å². The first-order chi connectivity index (χ1) is 12.3. The lowest BCUT2D eigenvalue weighted by molar-refractivity contribution is -0.129. The van der Waals surface area contributed by atoms with Crippen LogP contribution in [0, 0.1) is 0 Å². The number of amides is 1. The molecule has 2 aromatic rings. The number of ketones is 1. The fourth-order valence-electron chi connectivity index (χ4n) is 2.68. The highest BCUT2D eigenvalue weighted by molar-refractivity contribution is 5.98. The van der Waals surface area contributed by atoms with Crippen molar-refractivity contribution >= 4 is 11.7 Å². The summed E-state index contributed by atoms with van der Waals surface area (Å²) in [5.41, 5.74) is 3.08. The van der Waals surface area contributed by atoms with E-state index in [1.54, 1.807) is 24.3 Å². The second-order valence-electron chi connectivity index (χ2n) is 7.67. The van der Waals surface area contributed by atoms with Gasteiger partial charge in [0.05, 0.1) is 0 Å². The molecule has 1 aromatic carbocycles. The number of benzene rings is 1. The van der Waals surface area contributed by atoms with Gasteiger partial charge in [0, 0.05) is 44.4 Å². The van der Waals surface area contributed by atoms with Gasteiger partial charge in [0.15, 0.2) is 5.78 Å². The van der Waals surface area contributed by atoms with E-state index in [0.29, 0.717) is 12.1 Å². The van der Waals surface area contributed by atoms with Crippen LogP contribution in [-0.4, -0.2) is 35.2 Å². The number of likely N-dealkylation sites (N-methyl/N-ethyl adjacent to an activating group) is 1. The van der Waals surface area contributed by atoms with Crippen molar-refractivity contribution in [1.29, 1.82) is 0 Å². The predicted molar refractivity (Wildman–Crippen MR) is 104 cm³/mol. The SMILES string of the molecule is CN(CCc1ccncc1)C(=O)CCC(=O)c1ccc(C(C)(C)C)cc1. The smallest absolute Gasteiger partial charge is 0.222 e. The van der Waals surface area contributed by atoms with Gasteiger partial charge in [-0.3, -0.25) is 14.6 Å². The molecule has 0 aliphatic rings. The second-order valence-corrected chi connectivity index (χ2v) is 7.67. The lowest BCUT2D eigenvalue weighted by Gasteiger charge is -2.19. The summed E-state index contributed by atoms with van der Waals surface area (Å²) in [5.74, 6) is 0.0139. The van der Waals surface area contributed by atoms with Crippen LogP contribution in [0.15, 0.2) is 48.8 Å². The van der Waals surface area contributed by atoms with Gasteiger partial charge >= 0.3 is 0 Å². The van der Waals surface area contributed by atoms with E-state index in [0.717, 1.165) is 12.0 Å². The highest BCUT2D eigenvalue weighted by Gasteiger charge is 2.16. The van der Waals surface area contributed by atoms with Crippen molar-refractivity contribution < 1.29 is 9.59 Å². The summed E-state index contributed by atoms with van der Waals surface area (Å²) in [7, 11) is 1.78. The Morgan fingerprint density at radius 3 is 2.15 bits per heavy atom. The number of rotatable bonds is 7. The number of pyridine rings is 1. The first-order valence-electron chi connectivity index (χ1n) is 9.04. The van der Waals surface area contributed by atoms with Gasteiger partial charge in [0.25, 0.3) is 0 Å². The Morgan fingerprint density at radius 2 is 1.58 bits per heavy atom. The summed E-state index contributed by atoms with van der Waals surface area (Å²) < 4.78 is 0. The minimum atomic E-state index is -0.00119. The fraction of sp³-hybridized carbons (Fsp3) is 0.409. The average Bonchev–Trinajstić information content (AvgIpc) is 2.64. The van der Waals surface area contributed by atoms with Crippen molar-refractivity contribution in [2.45, 2.75) is 45.4 Å². The van der Waals surface area contributed by atoms with Gasteiger partial charge in [0.2, 0.25) is 5.91 Å². The van der Waals surface area contributed by atoms with Crippen LogP contribution in [0.3, 0.4) is 0 Å². The molecule has 1 heterocycles. The molecule has 0 atom stereocenters. The molecular weight excluding hydrogens is 324 g/mol. The van der Waals surface area contributed by atoms with Gasteiger partial charge in [0.1, 0.15) is 0 Å². The van der Waals surface area contributed by atoms with Gasteiger partial charge in [-0.1, -0.05) is 45.0 Å². The number of carbonyl (C=O) groups excluding carboxylic acids is 2. The number of Topliss-reactive ketones (excluding diaryl/α,β-unsaturated/α-hetero) is 1. The first-order valence-corrected chi connectivity index (χ1v) is 9.04. The molecule has 4 nitrogen and oxygen atoms in total. The lowest BCUT2D eigenvalue weighted by atomic mass is 9.86. The zero-order valence-corrected chi connectivity index (χ0v) is 16.2. The molecule has 4 heteroatoms. The van der Waals surface area contributed by atoms with Crippen molar-refractivity contribution in [2.24, 2.45) is 0 Å². The van der Waals surface area contributed by atoms with Crippen molar-refractivity contribution in [2.75, 3.05) is 13.6 Å². The fourth-order valence-corrected chi connectivity index (χ4v) is 2.68. The van der Waals surface area contributed by atoms with Gasteiger partial charge in [-0.05, 0) is 35.1 Å². The summed E-state index contributed by atoms with van der Waals surface area (Å²) in [6.07, 6.45) is 4.77. The molecule has 2 rings (SSSR count). The van der Waals surface area contributed by atoms with Crippen molar-refractivity contribution in [3.63, 3.8) is 0 Å². The van der Waals surface area contributed by atoms with Crippen LogP contribution >= 0.6 is 0 Å². The number of carbonyl (C=O) groups is 2. The summed E-state index contributed by atoms with van der Waals surface area (Å²) in [6, 6.07) is 11.6. The molecule has 0 aliphatic carbocycles. The van der Waals surface area contributed by atoms with E-state index in [4.69, 9.17) is 0 Å². The molecule has 0 spiro atoms. The molecule has 0 radical (unpaired) electrons. The number of aromatic nitrogens is 1. The number of nitrogens with zero attached hydrogens (tertiary/aromatic N) is 2. The molecule has 1 aromatic heterocycles. The van der Waals surface area contributed by atoms with E-state index >= 15 is 0 Å². The van der Waals surface area contributed by atoms with E-state index in [1.807, 2.05) is 36.4 Å². The monoisotopic (exact) mass is 352 g/mol. The zero-order chi connectivity index (χ0) is 19.2. The van der Waals surface area contributed by atoms with Gasteiger partial charge < -0.3 is 4.90 Å². The summed E-state index contributed by atoms with van der Waals surface area (Å²) >= 11 is 0. The molecule has 0 bridgehead atoms. The summed E-state index contributed by atoms with van der Waals surface area (Å²) in [6.45, 7) is 7.07. The van der Waals surface area contributed by atoms with E-state index in [9.17, 15) is 9.59 Å². The van der Waals surface area contributed by atoms with Gasteiger partial charge in [-0.2, -0.15) is 0 Å². The normalized spacial score (nSPS) is 11.2. The first kappa shape index (κ1) is 19.8. The highest BCUT2D eigenvalue weighted by atomic mass is 16.2. The molecule has 1 amide bonds. The Morgan fingerprint density at radius 1 is 0.962 bits per heavy atom. The van der Waals surface area contributed by atoms with E-state index < -0.39 is 0 Å². The maximum absolute atomic E-state index is 12.3. The number of hydrogen-bond acceptors (Lipinski definition) is 3. The molecule has 0 aliphatic heterocycles. The van der Waals surface area contributed by atoms with Crippen LogP contribution in [0.2, 0.25) is 0 Å². The number of hydrogen-bond donors (Lipinski definition) is 0. The topological polar surface area (TPSA) is 50.3 Å². The predicted octanol–water partition coefficient (Wildman–Crippen LogP) is 4.04. The van der Waals surface area contributed by atoms with Crippen molar-refractivity contribution in [3.8, 4) is 0 Å². The zero-order valence-electron chi connectivity index (χ0n) is 16.2. The molecule has 0 saturated carbocycles. The van der Waals surface area contributed by atoms with Crippen LogP contribution < -0.4 is 0 Å². The van der Waals surface area contributed by atoms with Crippen LogP contribution in [0.25, 0.3) is 0 Å². The highest BCUT2D eigenvalue weighted by Crippen LogP contribution is 2.22. The summed E-state index contributed by atoms with van der Waals surface area (Å²) in [4.78, 5) is 30.3. The van der Waals surface area contributed by atoms with Crippen LogP contribution in [0.5, 0.6) is 0 Å². The third-order valence-electron chi connectivity index (χ3n) is 4.55. The maximum atomic E-state index is 12.3. The molecule has 0 N–H and O–H groups in total. The molecular formula is C22H28N2O2. The molecule has 0 saturated heterocycles. The Labute approximate surface area is 156 Å². The summed E-state index contributed by atoms with van der Waals surface area (Å²) in [5, 5.41) is 0. The lowest BCUT2D eigenvalue weighted by Crippen LogP contribution is -2.29. The largest absolute Gasteiger partial charge is 0.345 e. The van der Waals surface area contributed by atoms with E-state index in [-0.39, 0.29) is 29.9 Å². The minimum absolute atomic E-state index is 0.00119. The van der Waals surface area contributed by atoms with Crippen LogP contribution in [-0.2, 0) is 16.6 Å². The Balaban J connectivity index is 1.81. The third-order valence-corrected chi connectivity index (χ3v) is 4.55. The minimum Gasteiger partial charge on any atom is -0.345 e. The van der Waals surface area contributed by atoms with E-state index in [2.05, 4.69) is 25.8 Å². The average molecular weight is 352 g/mol. The van der Waals surface area contributed by atoms with Gasteiger partial charge in [-0.25, -0.2) is 0 Å². The third kappa shape index (κ3) is 5.80. The molecule has 0 unspecified atom stereocenters. The Bertz CT molecular complexity index is 731. The van der Waals surface area contributed by atoms with Crippen LogP contribution in [0.1, 0.15) is 55.1 Å². The van der Waals surface area contributed by atoms with Crippen molar-refractivity contribution in [1.82, 2.24) is 9.88 Å². The van der Waals surface area contributed by atoms with Crippen LogP contribution in [0.4, 0.5) is 0 Å². The maximum Gasteiger partial charge on any atom is 0.222 e. The Hall–Kier alpha value is -2.49. The van der Waals surface area contributed by atoms with Crippen molar-refractivity contribution in [3.05, 3.63) is 65.5 Å². The molecule has 26 heavy (non-hydrogen) atoms. The Kier molecular flexibility index (Phi) is 6.67. The quantitative estimate of drug-likeness (QED) is 0.707. The van der Waals surface area contributed by atoms with E-state index in [1.165, 1.54) is 5.56 Å². The molecule has 138 valence electrons. The molecule has 0 fully saturated rings. The standard InChI is InChI=1S/C22H28N2O2/c1-22(2,3)19-7-5-18(6-8-19)20(25)9-10-21(26)24(4)16-13-17-11-14-23-15-12-17/h5-8,11-12,14-15H,9-10,13,16H2,1-4H3.